The minimum Gasteiger partial charge on any atom is -0.352 e. The number of carbonyl (C=O) groups excluding carboxylic acids is 1. The van der Waals surface area contributed by atoms with Crippen LogP contribution < -0.4 is 4.90 Å². The Morgan fingerprint density at radius 2 is 1.83 bits per heavy atom. The zero-order valence-corrected chi connectivity index (χ0v) is 13.8. The van der Waals surface area contributed by atoms with Gasteiger partial charge in [0.15, 0.2) is 5.69 Å². The molecular weight excluding hydrogens is 326 g/mol. The SMILES string of the molecule is N#Cc1cnc(N2CCN(C(=O)Cc3ccc(Cl)cc3)CC2)cn1. The van der Waals surface area contributed by atoms with E-state index in [9.17, 15) is 4.79 Å². The van der Waals surface area contributed by atoms with Crippen LogP contribution in [0.1, 0.15) is 11.3 Å². The number of halogens is 1. The van der Waals surface area contributed by atoms with Gasteiger partial charge in [-0.25, -0.2) is 9.97 Å². The highest BCUT2D eigenvalue weighted by atomic mass is 35.5. The van der Waals surface area contributed by atoms with Crippen molar-refractivity contribution in [2.24, 2.45) is 0 Å². The summed E-state index contributed by atoms with van der Waals surface area (Å²) in [6.45, 7) is 2.70. The average Bonchev–Trinajstić information content (AvgIpc) is 2.64. The van der Waals surface area contributed by atoms with Gasteiger partial charge in [0.05, 0.1) is 18.8 Å². The number of piperazine rings is 1. The van der Waals surface area contributed by atoms with Crippen molar-refractivity contribution in [2.45, 2.75) is 6.42 Å². The predicted octanol–water partition coefficient (Wildman–Crippen LogP) is 1.89. The van der Waals surface area contributed by atoms with E-state index in [1.54, 1.807) is 18.3 Å². The van der Waals surface area contributed by atoms with E-state index in [4.69, 9.17) is 16.9 Å². The molecule has 0 radical (unpaired) electrons. The van der Waals surface area contributed by atoms with Crippen molar-refractivity contribution in [2.75, 3.05) is 31.1 Å². The van der Waals surface area contributed by atoms with Crippen molar-refractivity contribution in [1.82, 2.24) is 14.9 Å². The van der Waals surface area contributed by atoms with E-state index in [2.05, 4.69) is 14.9 Å². The number of hydrogen-bond acceptors (Lipinski definition) is 5. The summed E-state index contributed by atoms with van der Waals surface area (Å²) >= 11 is 5.86. The predicted molar refractivity (Wildman–Crippen MR) is 90.7 cm³/mol. The fraction of sp³-hybridized carbons (Fsp3) is 0.294. The molecule has 1 aliphatic heterocycles. The minimum atomic E-state index is 0.114. The number of carbonyl (C=O) groups is 1. The third-order valence-corrected chi connectivity index (χ3v) is 4.23. The smallest absolute Gasteiger partial charge is 0.227 e. The molecular formula is C17H16ClN5O. The van der Waals surface area contributed by atoms with Crippen LogP contribution in [0.5, 0.6) is 0 Å². The number of nitrogens with zero attached hydrogens (tertiary/aromatic N) is 5. The van der Waals surface area contributed by atoms with E-state index in [0.29, 0.717) is 43.3 Å². The number of rotatable bonds is 3. The summed E-state index contributed by atoms with van der Waals surface area (Å²) in [7, 11) is 0. The normalized spacial score (nSPS) is 14.3. The lowest BCUT2D eigenvalue weighted by Gasteiger charge is -2.35. The summed E-state index contributed by atoms with van der Waals surface area (Å²) in [6, 6.07) is 9.30. The first kappa shape index (κ1) is 16.2. The van der Waals surface area contributed by atoms with E-state index in [-0.39, 0.29) is 5.91 Å². The molecule has 2 heterocycles. The Labute approximate surface area is 145 Å². The van der Waals surface area contributed by atoms with Crippen LogP contribution in [0.2, 0.25) is 5.02 Å². The van der Waals surface area contributed by atoms with Crippen molar-refractivity contribution in [3.05, 3.63) is 52.9 Å². The van der Waals surface area contributed by atoms with Gasteiger partial charge in [-0.1, -0.05) is 23.7 Å². The number of amides is 1. The second-order valence-corrected chi connectivity index (χ2v) is 5.98. The van der Waals surface area contributed by atoms with Gasteiger partial charge in [-0.15, -0.1) is 0 Å². The summed E-state index contributed by atoms with van der Waals surface area (Å²) in [5.74, 6) is 0.849. The van der Waals surface area contributed by atoms with Gasteiger partial charge in [0.25, 0.3) is 0 Å². The largest absolute Gasteiger partial charge is 0.352 e. The first-order valence-corrected chi connectivity index (χ1v) is 8.03. The van der Waals surface area contributed by atoms with Gasteiger partial charge >= 0.3 is 0 Å². The van der Waals surface area contributed by atoms with E-state index >= 15 is 0 Å². The highest BCUT2D eigenvalue weighted by Crippen LogP contribution is 2.14. The standard InChI is InChI=1S/C17H16ClN5O/c18-14-3-1-13(2-4-14)9-17(24)23-7-5-22(6-8-23)16-12-20-15(10-19)11-21-16/h1-4,11-12H,5-9H2. The molecule has 0 saturated carbocycles. The van der Waals surface area contributed by atoms with Crippen LogP contribution in [0.25, 0.3) is 0 Å². The quantitative estimate of drug-likeness (QED) is 0.852. The lowest BCUT2D eigenvalue weighted by Crippen LogP contribution is -2.49. The number of hydrogen-bond donors (Lipinski definition) is 0. The van der Waals surface area contributed by atoms with Crippen LogP contribution in [-0.4, -0.2) is 47.0 Å². The first-order chi connectivity index (χ1) is 11.7. The molecule has 1 aliphatic rings. The molecule has 1 fully saturated rings. The van der Waals surface area contributed by atoms with Crippen LogP contribution in [0, 0.1) is 11.3 Å². The van der Waals surface area contributed by atoms with Gasteiger partial charge in [0, 0.05) is 31.2 Å². The Morgan fingerprint density at radius 3 is 2.42 bits per heavy atom. The van der Waals surface area contributed by atoms with Crippen LogP contribution in [0.4, 0.5) is 5.82 Å². The molecule has 1 aromatic carbocycles. The monoisotopic (exact) mass is 341 g/mol. The van der Waals surface area contributed by atoms with Gasteiger partial charge in [0.1, 0.15) is 11.9 Å². The van der Waals surface area contributed by atoms with Gasteiger partial charge in [0.2, 0.25) is 5.91 Å². The van der Waals surface area contributed by atoms with Crippen molar-refractivity contribution < 1.29 is 4.79 Å². The van der Waals surface area contributed by atoms with Crippen molar-refractivity contribution in [3.8, 4) is 6.07 Å². The molecule has 1 aromatic heterocycles. The molecule has 7 heteroatoms. The first-order valence-electron chi connectivity index (χ1n) is 7.65. The van der Waals surface area contributed by atoms with E-state index in [0.717, 1.165) is 11.4 Å². The molecule has 6 nitrogen and oxygen atoms in total. The topological polar surface area (TPSA) is 73.1 Å². The number of benzene rings is 1. The van der Waals surface area contributed by atoms with Crippen LogP contribution in [0.3, 0.4) is 0 Å². The fourth-order valence-electron chi connectivity index (χ4n) is 2.62. The summed E-state index contributed by atoms with van der Waals surface area (Å²) in [4.78, 5) is 24.6. The molecule has 0 N–H and O–H groups in total. The fourth-order valence-corrected chi connectivity index (χ4v) is 2.74. The minimum absolute atomic E-state index is 0.114. The van der Waals surface area contributed by atoms with E-state index in [1.807, 2.05) is 23.1 Å². The molecule has 1 amide bonds. The molecule has 0 aliphatic carbocycles. The van der Waals surface area contributed by atoms with Gasteiger partial charge in [-0.2, -0.15) is 5.26 Å². The zero-order chi connectivity index (χ0) is 16.9. The zero-order valence-electron chi connectivity index (χ0n) is 13.0. The van der Waals surface area contributed by atoms with Gasteiger partial charge in [-0.05, 0) is 17.7 Å². The molecule has 0 bridgehead atoms. The summed E-state index contributed by atoms with van der Waals surface area (Å²) in [5, 5.41) is 9.42. The van der Waals surface area contributed by atoms with Crippen LogP contribution in [-0.2, 0) is 11.2 Å². The van der Waals surface area contributed by atoms with Crippen molar-refractivity contribution >= 4 is 23.3 Å². The molecule has 24 heavy (non-hydrogen) atoms. The van der Waals surface area contributed by atoms with Crippen LogP contribution in [0.15, 0.2) is 36.7 Å². The molecule has 3 rings (SSSR count). The van der Waals surface area contributed by atoms with E-state index < -0.39 is 0 Å². The molecule has 1 saturated heterocycles. The number of nitriles is 1. The van der Waals surface area contributed by atoms with Crippen molar-refractivity contribution in [3.63, 3.8) is 0 Å². The highest BCUT2D eigenvalue weighted by Gasteiger charge is 2.22. The number of anilines is 1. The molecule has 0 unspecified atom stereocenters. The molecule has 122 valence electrons. The Hall–Kier alpha value is -2.65. The Balaban J connectivity index is 1.55. The molecule has 2 aromatic rings. The molecule has 0 spiro atoms. The third-order valence-electron chi connectivity index (χ3n) is 3.98. The van der Waals surface area contributed by atoms with Crippen LogP contribution >= 0.6 is 11.6 Å². The second-order valence-electron chi connectivity index (χ2n) is 5.54. The maximum absolute atomic E-state index is 12.4. The van der Waals surface area contributed by atoms with Crippen molar-refractivity contribution in [1.29, 1.82) is 5.26 Å². The second kappa shape index (κ2) is 7.28. The Bertz CT molecular complexity index is 746. The lowest BCUT2D eigenvalue weighted by molar-refractivity contribution is -0.130. The number of aromatic nitrogens is 2. The molecule has 0 atom stereocenters. The van der Waals surface area contributed by atoms with Gasteiger partial charge < -0.3 is 9.80 Å². The van der Waals surface area contributed by atoms with Gasteiger partial charge in [-0.3, -0.25) is 4.79 Å². The maximum Gasteiger partial charge on any atom is 0.227 e. The third kappa shape index (κ3) is 3.81. The summed E-state index contributed by atoms with van der Waals surface area (Å²) in [5.41, 5.74) is 1.26. The highest BCUT2D eigenvalue weighted by molar-refractivity contribution is 6.30. The maximum atomic E-state index is 12.4. The lowest BCUT2D eigenvalue weighted by atomic mass is 10.1. The Morgan fingerprint density at radius 1 is 1.12 bits per heavy atom. The average molecular weight is 342 g/mol. The summed E-state index contributed by atoms with van der Waals surface area (Å²) < 4.78 is 0. The van der Waals surface area contributed by atoms with E-state index in [1.165, 1.54) is 6.20 Å². The Kier molecular flexibility index (Phi) is 4.92. The summed E-state index contributed by atoms with van der Waals surface area (Å²) in [6.07, 6.45) is 3.45.